The van der Waals surface area contributed by atoms with E-state index in [1.807, 2.05) is 0 Å². The lowest BCUT2D eigenvalue weighted by atomic mass is 9.85. The van der Waals surface area contributed by atoms with Crippen molar-refractivity contribution in [2.75, 3.05) is 0 Å². The summed E-state index contributed by atoms with van der Waals surface area (Å²) in [7, 11) is 0. The molecule has 0 spiro atoms. The molecule has 0 amide bonds. The van der Waals surface area contributed by atoms with Crippen molar-refractivity contribution in [3.63, 3.8) is 0 Å². The Bertz CT molecular complexity index is 341. The number of hydrogen-bond donors (Lipinski definition) is 0. The van der Waals surface area contributed by atoms with Crippen molar-refractivity contribution in [3.8, 4) is 0 Å². The predicted octanol–water partition coefficient (Wildman–Crippen LogP) is 4.38. The van der Waals surface area contributed by atoms with Crippen molar-refractivity contribution in [3.05, 3.63) is 33.8 Å². The van der Waals surface area contributed by atoms with Crippen LogP contribution in [0.2, 0.25) is 0 Å². The monoisotopic (exact) mass is 252 g/mol. The van der Waals surface area contributed by atoms with Gasteiger partial charge in [-0.3, -0.25) is 0 Å². The highest BCUT2D eigenvalue weighted by Crippen LogP contribution is 2.44. The van der Waals surface area contributed by atoms with E-state index in [1.165, 1.54) is 10.9 Å². The first-order valence-corrected chi connectivity index (χ1v) is 6.18. The van der Waals surface area contributed by atoms with Gasteiger partial charge in [0.15, 0.2) is 0 Å². The highest BCUT2D eigenvalue weighted by molar-refractivity contribution is 9.10. The zero-order valence-electron chi connectivity index (χ0n) is 9.05. The molecule has 0 saturated carbocycles. The fraction of sp³-hybridized carbons (Fsp3) is 0.538. The van der Waals surface area contributed by atoms with Crippen LogP contribution in [0.4, 0.5) is 0 Å². The first-order chi connectivity index (χ1) is 6.61. The molecule has 0 unspecified atom stereocenters. The third-order valence-electron chi connectivity index (χ3n) is 3.55. The summed E-state index contributed by atoms with van der Waals surface area (Å²) in [6.45, 7) is 7.03. The average molecular weight is 253 g/mol. The third-order valence-corrected chi connectivity index (χ3v) is 4.24. The molecule has 2 atom stereocenters. The number of halogens is 1. The van der Waals surface area contributed by atoms with Crippen LogP contribution in [0.3, 0.4) is 0 Å². The van der Waals surface area contributed by atoms with E-state index in [-0.39, 0.29) is 0 Å². The Morgan fingerprint density at radius 2 is 2.07 bits per heavy atom. The summed E-state index contributed by atoms with van der Waals surface area (Å²) < 4.78 is 1.30. The quantitative estimate of drug-likeness (QED) is 0.696. The SMILES string of the molecule is CC(C)[C@H]1Cc2cccc(Br)c2[C@@H]1C. The lowest BCUT2D eigenvalue weighted by Crippen LogP contribution is -2.11. The molecule has 0 bridgehead atoms. The van der Waals surface area contributed by atoms with Gasteiger partial charge in [-0.25, -0.2) is 0 Å². The zero-order valence-corrected chi connectivity index (χ0v) is 10.6. The van der Waals surface area contributed by atoms with Crippen LogP contribution >= 0.6 is 15.9 Å². The topological polar surface area (TPSA) is 0 Å². The van der Waals surface area contributed by atoms with Crippen molar-refractivity contribution in [2.24, 2.45) is 11.8 Å². The molecule has 1 aromatic rings. The van der Waals surface area contributed by atoms with Gasteiger partial charge in [-0.05, 0) is 41.4 Å². The summed E-state index contributed by atoms with van der Waals surface area (Å²) in [4.78, 5) is 0. The van der Waals surface area contributed by atoms with Crippen LogP contribution in [-0.4, -0.2) is 0 Å². The van der Waals surface area contributed by atoms with Gasteiger partial charge in [0.05, 0.1) is 0 Å². The third kappa shape index (κ3) is 1.52. The van der Waals surface area contributed by atoms with E-state index < -0.39 is 0 Å². The van der Waals surface area contributed by atoms with E-state index in [1.54, 1.807) is 11.1 Å². The molecule has 0 aromatic heterocycles. The summed E-state index contributed by atoms with van der Waals surface area (Å²) in [6.07, 6.45) is 1.26. The molecule has 0 fully saturated rings. The summed E-state index contributed by atoms with van der Waals surface area (Å²) >= 11 is 3.66. The van der Waals surface area contributed by atoms with Crippen molar-refractivity contribution < 1.29 is 0 Å². The van der Waals surface area contributed by atoms with Crippen LogP contribution in [0, 0.1) is 11.8 Å². The highest BCUT2D eigenvalue weighted by Gasteiger charge is 2.32. The number of hydrogen-bond acceptors (Lipinski definition) is 0. The van der Waals surface area contributed by atoms with Gasteiger partial charge < -0.3 is 0 Å². The second kappa shape index (κ2) is 3.69. The Labute approximate surface area is 94.8 Å². The van der Waals surface area contributed by atoms with E-state index >= 15 is 0 Å². The lowest BCUT2D eigenvalue weighted by molar-refractivity contribution is 0.355. The molecule has 0 saturated heterocycles. The molecule has 0 nitrogen and oxygen atoms in total. The maximum Gasteiger partial charge on any atom is 0.0212 e. The first-order valence-electron chi connectivity index (χ1n) is 5.38. The van der Waals surface area contributed by atoms with Crippen molar-refractivity contribution in [2.45, 2.75) is 33.1 Å². The number of fused-ring (bicyclic) bond motifs is 1. The smallest absolute Gasteiger partial charge is 0.0212 e. The van der Waals surface area contributed by atoms with Crippen LogP contribution in [0.25, 0.3) is 0 Å². The molecule has 1 aliphatic rings. The van der Waals surface area contributed by atoms with Crippen LogP contribution < -0.4 is 0 Å². The molecule has 76 valence electrons. The highest BCUT2D eigenvalue weighted by atomic mass is 79.9. The van der Waals surface area contributed by atoms with Crippen molar-refractivity contribution in [1.29, 1.82) is 0 Å². The molecule has 0 radical (unpaired) electrons. The van der Waals surface area contributed by atoms with Gasteiger partial charge in [0.2, 0.25) is 0 Å². The second-order valence-electron chi connectivity index (χ2n) is 4.71. The lowest BCUT2D eigenvalue weighted by Gasteiger charge is -2.20. The van der Waals surface area contributed by atoms with Crippen LogP contribution in [0.5, 0.6) is 0 Å². The van der Waals surface area contributed by atoms with E-state index in [9.17, 15) is 0 Å². The zero-order chi connectivity index (χ0) is 10.3. The minimum absolute atomic E-state index is 0.709. The summed E-state index contributed by atoms with van der Waals surface area (Å²) in [6, 6.07) is 6.59. The second-order valence-corrected chi connectivity index (χ2v) is 5.57. The van der Waals surface area contributed by atoms with Gasteiger partial charge in [0, 0.05) is 4.47 Å². The van der Waals surface area contributed by atoms with E-state index in [4.69, 9.17) is 0 Å². The average Bonchev–Trinajstić information content (AvgIpc) is 2.45. The standard InChI is InChI=1S/C13H17Br/c1-8(2)11-7-10-5-4-6-12(14)13(10)9(11)3/h4-6,8-9,11H,7H2,1-3H3/t9-,11-/m1/s1. The number of rotatable bonds is 1. The van der Waals surface area contributed by atoms with Crippen molar-refractivity contribution >= 4 is 15.9 Å². The van der Waals surface area contributed by atoms with E-state index in [2.05, 4.69) is 54.9 Å². The van der Waals surface area contributed by atoms with Gasteiger partial charge in [-0.1, -0.05) is 48.8 Å². The molecule has 14 heavy (non-hydrogen) atoms. The summed E-state index contributed by atoms with van der Waals surface area (Å²) in [5, 5.41) is 0. The Balaban J connectivity index is 2.41. The van der Waals surface area contributed by atoms with E-state index in [0.29, 0.717) is 5.92 Å². The Morgan fingerprint density at radius 1 is 1.36 bits per heavy atom. The van der Waals surface area contributed by atoms with Crippen LogP contribution in [-0.2, 0) is 6.42 Å². The Morgan fingerprint density at radius 3 is 2.64 bits per heavy atom. The molecular weight excluding hydrogens is 236 g/mol. The van der Waals surface area contributed by atoms with Crippen LogP contribution in [0.15, 0.2) is 22.7 Å². The normalized spacial score (nSPS) is 25.5. The van der Waals surface area contributed by atoms with Crippen LogP contribution in [0.1, 0.15) is 37.8 Å². The molecule has 2 rings (SSSR count). The molecule has 1 aromatic carbocycles. The predicted molar refractivity (Wildman–Crippen MR) is 64.6 cm³/mol. The first kappa shape index (κ1) is 10.2. The minimum atomic E-state index is 0.709. The Hall–Kier alpha value is -0.300. The van der Waals surface area contributed by atoms with E-state index in [0.717, 1.165) is 11.8 Å². The molecule has 1 aliphatic carbocycles. The van der Waals surface area contributed by atoms with Crippen molar-refractivity contribution in [1.82, 2.24) is 0 Å². The molecule has 0 N–H and O–H groups in total. The van der Waals surface area contributed by atoms with Gasteiger partial charge in [-0.15, -0.1) is 0 Å². The largest absolute Gasteiger partial charge is 0.0625 e. The molecule has 0 heterocycles. The Kier molecular flexibility index (Phi) is 2.70. The molecule has 1 heteroatoms. The van der Waals surface area contributed by atoms with Gasteiger partial charge in [0.1, 0.15) is 0 Å². The maximum atomic E-state index is 3.66. The summed E-state index contributed by atoms with van der Waals surface area (Å²) in [5.74, 6) is 2.31. The minimum Gasteiger partial charge on any atom is -0.0625 e. The molecule has 0 aliphatic heterocycles. The van der Waals surface area contributed by atoms with Gasteiger partial charge in [-0.2, -0.15) is 0 Å². The fourth-order valence-electron chi connectivity index (χ4n) is 2.73. The van der Waals surface area contributed by atoms with Gasteiger partial charge in [0.25, 0.3) is 0 Å². The fourth-order valence-corrected chi connectivity index (χ4v) is 3.50. The van der Waals surface area contributed by atoms with Gasteiger partial charge >= 0.3 is 0 Å². The number of benzene rings is 1. The summed E-state index contributed by atoms with van der Waals surface area (Å²) in [5.41, 5.74) is 3.09. The molecular formula is C13H17Br. The maximum absolute atomic E-state index is 3.66.